The van der Waals surface area contributed by atoms with Crippen molar-refractivity contribution in [2.45, 2.75) is 45.6 Å². The Morgan fingerprint density at radius 2 is 1.95 bits per heavy atom. The number of nitrogens with zero attached hydrogens (tertiary/aromatic N) is 1. The van der Waals surface area contributed by atoms with E-state index in [4.69, 9.17) is 0 Å². The van der Waals surface area contributed by atoms with Gasteiger partial charge < -0.3 is 4.90 Å². The van der Waals surface area contributed by atoms with Crippen LogP contribution in [0.2, 0.25) is 0 Å². The highest BCUT2D eigenvalue weighted by atomic mass is 19.1. The molecule has 1 fully saturated rings. The van der Waals surface area contributed by atoms with Gasteiger partial charge in [0.25, 0.3) is 0 Å². The van der Waals surface area contributed by atoms with Crippen LogP contribution in [-0.4, -0.2) is 17.4 Å². The summed E-state index contributed by atoms with van der Waals surface area (Å²) in [6.07, 6.45) is 3.74. The van der Waals surface area contributed by atoms with Crippen LogP contribution in [0.25, 0.3) is 0 Å². The van der Waals surface area contributed by atoms with Crippen molar-refractivity contribution >= 4 is 5.91 Å². The second kappa shape index (κ2) is 6.18. The molecule has 0 bridgehead atoms. The smallest absolute Gasteiger partial charge is 0.223 e. The third-order valence-electron chi connectivity index (χ3n) is 4.21. The van der Waals surface area contributed by atoms with E-state index in [0.717, 1.165) is 31.4 Å². The van der Waals surface area contributed by atoms with Crippen molar-refractivity contribution in [3.05, 3.63) is 35.6 Å². The molecule has 0 unspecified atom stereocenters. The van der Waals surface area contributed by atoms with E-state index in [1.807, 2.05) is 4.90 Å². The van der Waals surface area contributed by atoms with Crippen LogP contribution < -0.4 is 0 Å². The normalized spacial score (nSPS) is 18.5. The van der Waals surface area contributed by atoms with Crippen LogP contribution in [0.4, 0.5) is 4.39 Å². The van der Waals surface area contributed by atoms with Gasteiger partial charge in [0.1, 0.15) is 5.82 Å². The van der Waals surface area contributed by atoms with Gasteiger partial charge >= 0.3 is 0 Å². The minimum atomic E-state index is -0.224. The molecule has 0 aromatic heterocycles. The molecular weight excluding hydrogens is 241 g/mol. The predicted octanol–water partition coefficient (Wildman–Crippen LogP) is 3.93. The van der Waals surface area contributed by atoms with Gasteiger partial charge in [0.2, 0.25) is 5.91 Å². The molecule has 0 radical (unpaired) electrons. The zero-order valence-corrected chi connectivity index (χ0v) is 11.7. The van der Waals surface area contributed by atoms with E-state index in [1.165, 1.54) is 12.1 Å². The maximum absolute atomic E-state index is 12.9. The summed E-state index contributed by atoms with van der Waals surface area (Å²) in [5, 5.41) is 0. The van der Waals surface area contributed by atoms with E-state index >= 15 is 0 Å². The van der Waals surface area contributed by atoms with Crippen molar-refractivity contribution in [1.82, 2.24) is 4.90 Å². The number of carbonyl (C=O) groups is 1. The predicted molar refractivity (Wildman–Crippen MR) is 74.2 cm³/mol. The van der Waals surface area contributed by atoms with Crippen LogP contribution in [0.15, 0.2) is 24.3 Å². The van der Waals surface area contributed by atoms with Gasteiger partial charge in [-0.25, -0.2) is 4.39 Å². The number of rotatable bonds is 5. The number of benzene rings is 1. The number of carbonyl (C=O) groups excluding carboxylic acids is 1. The number of halogens is 1. The lowest BCUT2D eigenvalue weighted by Crippen LogP contribution is -2.45. The van der Waals surface area contributed by atoms with E-state index in [9.17, 15) is 9.18 Å². The van der Waals surface area contributed by atoms with Gasteiger partial charge in [0.15, 0.2) is 0 Å². The first-order chi connectivity index (χ1) is 9.15. The molecule has 0 N–H and O–H groups in total. The third kappa shape index (κ3) is 3.14. The number of hydrogen-bond donors (Lipinski definition) is 0. The van der Waals surface area contributed by atoms with E-state index in [-0.39, 0.29) is 17.8 Å². The van der Waals surface area contributed by atoms with Crippen LogP contribution in [0.3, 0.4) is 0 Å². The molecule has 104 valence electrons. The van der Waals surface area contributed by atoms with Crippen LogP contribution in [-0.2, 0) is 4.79 Å². The van der Waals surface area contributed by atoms with E-state index < -0.39 is 0 Å². The first kappa shape index (κ1) is 14.0. The van der Waals surface area contributed by atoms with Crippen LogP contribution >= 0.6 is 0 Å². The van der Waals surface area contributed by atoms with E-state index in [0.29, 0.717) is 12.3 Å². The topological polar surface area (TPSA) is 20.3 Å². The Kier molecular flexibility index (Phi) is 4.56. The summed E-state index contributed by atoms with van der Waals surface area (Å²) >= 11 is 0. The lowest BCUT2D eigenvalue weighted by molar-refractivity contribution is -0.140. The second-order valence-corrected chi connectivity index (χ2v) is 5.33. The molecule has 2 rings (SSSR count). The van der Waals surface area contributed by atoms with Crippen molar-refractivity contribution in [2.24, 2.45) is 5.92 Å². The van der Waals surface area contributed by atoms with E-state index in [2.05, 4.69) is 13.8 Å². The van der Waals surface area contributed by atoms with E-state index in [1.54, 1.807) is 12.1 Å². The first-order valence-electron chi connectivity index (χ1n) is 7.20. The first-order valence-corrected chi connectivity index (χ1v) is 7.20. The van der Waals surface area contributed by atoms with Crippen molar-refractivity contribution in [3.8, 4) is 0 Å². The molecule has 1 aromatic rings. The Bertz CT molecular complexity index is 425. The Hall–Kier alpha value is -1.38. The molecular formula is C16H22FNO. The molecule has 2 nitrogen and oxygen atoms in total. The largest absolute Gasteiger partial charge is 0.335 e. The van der Waals surface area contributed by atoms with Gasteiger partial charge in [-0.2, -0.15) is 0 Å². The number of likely N-dealkylation sites (tertiary alicyclic amines) is 1. The summed E-state index contributed by atoms with van der Waals surface area (Å²) in [4.78, 5) is 14.2. The highest BCUT2D eigenvalue weighted by Gasteiger charge is 2.33. The number of hydrogen-bond acceptors (Lipinski definition) is 1. The maximum Gasteiger partial charge on any atom is 0.223 e. The fourth-order valence-corrected chi connectivity index (χ4v) is 2.66. The summed E-state index contributed by atoms with van der Waals surface area (Å²) in [7, 11) is 0. The Morgan fingerprint density at radius 3 is 2.42 bits per heavy atom. The van der Waals surface area contributed by atoms with Crippen LogP contribution in [0.5, 0.6) is 0 Å². The quantitative estimate of drug-likeness (QED) is 0.788. The molecule has 3 heteroatoms. The lowest BCUT2D eigenvalue weighted by atomic mass is 9.92. The molecule has 19 heavy (non-hydrogen) atoms. The summed E-state index contributed by atoms with van der Waals surface area (Å²) in [6.45, 7) is 5.10. The maximum atomic E-state index is 12.9. The van der Waals surface area contributed by atoms with Crippen molar-refractivity contribution in [2.75, 3.05) is 6.54 Å². The second-order valence-electron chi connectivity index (χ2n) is 5.33. The molecule has 1 aliphatic rings. The summed E-state index contributed by atoms with van der Waals surface area (Å²) < 4.78 is 12.9. The Balaban J connectivity index is 1.98. The lowest BCUT2D eigenvalue weighted by Gasteiger charge is -2.42. The summed E-state index contributed by atoms with van der Waals surface area (Å²) in [6, 6.07) is 6.67. The Labute approximate surface area is 114 Å². The van der Waals surface area contributed by atoms with Crippen molar-refractivity contribution in [1.29, 1.82) is 0 Å². The molecule has 1 heterocycles. The minimum Gasteiger partial charge on any atom is -0.335 e. The zero-order chi connectivity index (χ0) is 13.8. The average Bonchev–Trinajstić information content (AvgIpc) is 2.37. The molecule has 0 aliphatic carbocycles. The molecule has 1 amide bonds. The minimum absolute atomic E-state index is 0.155. The Morgan fingerprint density at radius 1 is 1.32 bits per heavy atom. The highest BCUT2D eigenvalue weighted by molar-refractivity contribution is 5.77. The average molecular weight is 263 g/mol. The molecule has 0 spiro atoms. The van der Waals surface area contributed by atoms with Gasteiger partial charge in [0, 0.05) is 13.0 Å². The van der Waals surface area contributed by atoms with Crippen LogP contribution in [0.1, 0.15) is 51.1 Å². The fourth-order valence-electron chi connectivity index (χ4n) is 2.66. The molecule has 1 aromatic carbocycles. The SMILES string of the molecule is CCC(CC)CC(=O)N1CC[C@H]1c1ccc(F)cc1. The van der Waals surface area contributed by atoms with Gasteiger partial charge in [-0.1, -0.05) is 38.8 Å². The van der Waals surface area contributed by atoms with Crippen molar-refractivity contribution < 1.29 is 9.18 Å². The third-order valence-corrected chi connectivity index (χ3v) is 4.21. The van der Waals surface area contributed by atoms with Crippen molar-refractivity contribution in [3.63, 3.8) is 0 Å². The molecule has 0 saturated carbocycles. The monoisotopic (exact) mass is 263 g/mol. The number of amides is 1. The fraction of sp³-hybridized carbons (Fsp3) is 0.562. The highest BCUT2D eigenvalue weighted by Crippen LogP contribution is 2.34. The van der Waals surface area contributed by atoms with Gasteiger partial charge in [-0.3, -0.25) is 4.79 Å². The summed E-state index contributed by atoms with van der Waals surface area (Å²) in [5.41, 5.74) is 1.05. The van der Waals surface area contributed by atoms with Gasteiger partial charge in [-0.15, -0.1) is 0 Å². The molecule has 1 atom stereocenters. The molecule has 1 aliphatic heterocycles. The molecule has 1 saturated heterocycles. The van der Waals surface area contributed by atoms with Crippen LogP contribution in [0, 0.1) is 11.7 Å². The van der Waals surface area contributed by atoms with Gasteiger partial charge in [0.05, 0.1) is 6.04 Å². The van der Waals surface area contributed by atoms with Gasteiger partial charge in [-0.05, 0) is 30.0 Å². The summed E-state index contributed by atoms with van der Waals surface area (Å²) in [5.74, 6) is 0.509. The zero-order valence-electron chi connectivity index (χ0n) is 11.7. The standard InChI is InChI=1S/C16H22FNO/c1-3-12(4-2)11-16(19)18-10-9-15(18)13-5-7-14(17)8-6-13/h5-8,12,15H,3-4,9-11H2,1-2H3/t15-/m0/s1.